The summed E-state index contributed by atoms with van der Waals surface area (Å²) in [6.45, 7) is 0.738. The van der Waals surface area contributed by atoms with Crippen molar-refractivity contribution in [2.75, 3.05) is 12.4 Å². The highest BCUT2D eigenvalue weighted by atomic mass is 16.5. The zero-order chi connectivity index (χ0) is 22.3. The van der Waals surface area contributed by atoms with Crippen molar-refractivity contribution < 1.29 is 9.53 Å². The first kappa shape index (κ1) is 21.1. The van der Waals surface area contributed by atoms with Crippen molar-refractivity contribution in [3.05, 3.63) is 100 Å². The largest absolute Gasteiger partial charge is 0.497 e. The summed E-state index contributed by atoms with van der Waals surface area (Å²) in [5, 5.41) is 6.42. The highest BCUT2D eigenvalue weighted by molar-refractivity contribution is 5.98. The van der Waals surface area contributed by atoms with Crippen LogP contribution in [-0.4, -0.2) is 22.7 Å². The standard InChI is InChI=1S/C25H24N4O3/c1-32-20-11-7-10-18(16-20)14-15-29-23(21-12-5-6-13-22(21)27-25(29)31)28-24(30)26-17-19-8-3-2-4-9-19/h2-13,16H,14-15,17H2,1H3,(H2,26,28,30). The number of amides is 2. The maximum atomic E-state index is 12.8. The summed E-state index contributed by atoms with van der Waals surface area (Å²) in [6, 6.07) is 24.2. The number of nitrogens with one attached hydrogen (secondary N) is 2. The zero-order valence-corrected chi connectivity index (χ0v) is 17.7. The lowest BCUT2D eigenvalue weighted by atomic mass is 10.1. The molecule has 32 heavy (non-hydrogen) atoms. The van der Waals surface area contributed by atoms with Gasteiger partial charge in [-0.15, -0.1) is 0 Å². The molecule has 162 valence electrons. The number of rotatable bonds is 7. The van der Waals surface area contributed by atoms with E-state index in [-0.39, 0.29) is 6.03 Å². The Bertz CT molecular complexity index is 1290. The molecule has 0 aliphatic heterocycles. The van der Waals surface area contributed by atoms with Gasteiger partial charge < -0.3 is 10.1 Å². The van der Waals surface area contributed by atoms with E-state index in [1.807, 2.05) is 72.8 Å². The molecule has 1 heterocycles. The Morgan fingerprint density at radius 2 is 1.72 bits per heavy atom. The number of nitrogens with zero attached hydrogens (tertiary/aromatic N) is 2. The van der Waals surface area contributed by atoms with Crippen molar-refractivity contribution in [2.45, 2.75) is 19.5 Å². The Hall–Kier alpha value is -4.13. The minimum atomic E-state index is -0.412. The predicted octanol–water partition coefficient (Wildman–Crippen LogP) is 3.97. The molecule has 0 saturated carbocycles. The van der Waals surface area contributed by atoms with Crippen LogP contribution < -0.4 is 21.1 Å². The molecular weight excluding hydrogens is 404 g/mol. The second-order valence-electron chi connectivity index (χ2n) is 7.31. The molecule has 0 aliphatic rings. The highest BCUT2D eigenvalue weighted by Gasteiger charge is 2.14. The molecular formula is C25H24N4O3. The number of benzene rings is 3. The lowest BCUT2D eigenvalue weighted by Gasteiger charge is -2.16. The molecule has 2 N–H and O–H groups in total. The quantitative estimate of drug-likeness (QED) is 0.466. The Labute approximate surface area is 185 Å². The molecule has 0 unspecified atom stereocenters. The van der Waals surface area contributed by atoms with Crippen LogP contribution in [0, 0.1) is 0 Å². The second-order valence-corrected chi connectivity index (χ2v) is 7.31. The minimum Gasteiger partial charge on any atom is -0.497 e. The molecule has 0 fully saturated rings. The molecule has 0 aliphatic carbocycles. The van der Waals surface area contributed by atoms with Gasteiger partial charge in [-0.05, 0) is 41.8 Å². The van der Waals surface area contributed by atoms with Gasteiger partial charge in [-0.2, -0.15) is 4.98 Å². The van der Waals surface area contributed by atoms with Gasteiger partial charge >= 0.3 is 11.7 Å². The summed E-state index contributed by atoms with van der Waals surface area (Å²) in [7, 11) is 1.62. The first-order valence-corrected chi connectivity index (χ1v) is 10.4. The number of aryl methyl sites for hydroxylation is 1. The summed E-state index contributed by atoms with van der Waals surface area (Å²) in [5.41, 5.74) is 2.12. The average molecular weight is 428 g/mol. The number of carbonyl (C=O) groups is 1. The van der Waals surface area contributed by atoms with Gasteiger partial charge in [-0.3, -0.25) is 9.88 Å². The Morgan fingerprint density at radius 1 is 0.969 bits per heavy atom. The number of ether oxygens (including phenoxy) is 1. The molecule has 0 bridgehead atoms. The fourth-order valence-electron chi connectivity index (χ4n) is 3.52. The van der Waals surface area contributed by atoms with E-state index in [1.165, 1.54) is 4.57 Å². The van der Waals surface area contributed by atoms with Crippen LogP contribution in [0.2, 0.25) is 0 Å². The van der Waals surface area contributed by atoms with Crippen molar-refractivity contribution >= 4 is 22.8 Å². The van der Waals surface area contributed by atoms with Crippen LogP contribution in [0.1, 0.15) is 11.1 Å². The number of carbonyl (C=O) groups excluding carboxylic acids is 1. The molecule has 4 rings (SSSR count). The number of aromatic nitrogens is 2. The summed E-state index contributed by atoms with van der Waals surface area (Å²) >= 11 is 0. The number of anilines is 1. The zero-order valence-electron chi connectivity index (χ0n) is 17.7. The molecule has 7 heteroatoms. The fraction of sp³-hybridized carbons (Fsp3) is 0.160. The summed E-state index contributed by atoms with van der Waals surface area (Å²) in [5.74, 6) is 1.18. The van der Waals surface area contributed by atoms with Crippen LogP contribution in [-0.2, 0) is 19.5 Å². The number of fused-ring (bicyclic) bond motifs is 1. The number of hydrogen-bond acceptors (Lipinski definition) is 4. The maximum absolute atomic E-state index is 12.8. The number of urea groups is 1. The van der Waals surface area contributed by atoms with Gasteiger partial charge in [-0.25, -0.2) is 9.59 Å². The third kappa shape index (κ3) is 4.95. The monoisotopic (exact) mass is 428 g/mol. The first-order chi connectivity index (χ1) is 15.6. The van der Waals surface area contributed by atoms with E-state index in [1.54, 1.807) is 13.2 Å². The number of methoxy groups -OCH3 is 1. The normalized spacial score (nSPS) is 10.7. The van der Waals surface area contributed by atoms with E-state index in [0.717, 1.165) is 16.9 Å². The van der Waals surface area contributed by atoms with Gasteiger partial charge in [0.2, 0.25) is 0 Å². The van der Waals surface area contributed by atoms with E-state index in [0.29, 0.717) is 36.2 Å². The van der Waals surface area contributed by atoms with Crippen molar-refractivity contribution in [1.82, 2.24) is 14.9 Å². The molecule has 0 spiro atoms. The van der Waals surface area contributed by atoms with Crippen LogP contribution >= 0.6 is 0 Å². The Balaban J connectivity index is 1.60. The molecule has 0 atom stereocenters. The molecule has 3 aromatic carbocycles. The van der Waals surface area contributed by atoms with Gasteiger partial charge in [0.25, 0.3) is 0 Å². The van der Waals surface area contributed by atoms with Gasteiger partial charge in [0.1, 0.15) is 11.6 Å². The van der Waals surface area contributed by atoms with E-state index >= 15 is 0 Å². The van der Waals surface area contributed by atoms with Crippen LogP contribution in [0.3, 0.4) is 0 Å². The summed E-state index contributed by atoms with van der Waals surface area (Å²) < 4.78 is 6.79. The number of hydrogen-bond donors (Lipinski definition) is 2. The van der Waals surface area contributed by atoms with Crippen LogP contribution in [0.25, 0.3) is 10.9 Å². The van der Waals surface area contributed by atoms with Gasteiger partial charge in [0.05, 0.1) is 12.6 Å². The van der Waals surface area contributed by atoms with E-state index in [2.05, 4.69) is 15.6 Å². The fourth-order valence-corrected chi connectivity index (χ4v) is 3.52. The highest BCUT2D eigenvalue weighted by Crippen LogP contribution is 2.21. The van der Waals surface area contributed by atoms with Crippen molar-refractivity contribution in [2.24, 2.45) is 0 Å². The SMILES string of the molecule is COc1cccc(CCn2c(NC(=O)NCc3ccccc3)c3ccccc3nc2=O)c1. The smallest absolute Gasteiger partial charge is 0.349 e. The second kappa shape index (κ2) is 9.78. The van der Waals surface area contributed by atoms with Crippen molar-refractivity contribution in [1.29, 1.82) is 0 Å². The molecule has 0 saturated heterocycles. The first-order valence-electron chi connectivity index (χ1n) is 10.4. The Morgan fingerprint density at radius 3 is 2.53 bits per heavy atom. The van der Waals surface area contributed by atoms with Crippen LogP contribution in [0.15, 0.2) is 83.7 Å². The van der Waals surface area contributed by atoms with E-state index < -0.39 is 5.69 Å². The van der Waals surface area contributed by atoms with E-state index in [4.69, 9.17) is 4.74 Å². The predicted molar refractivity (Wildman–Crippen MR) is 125 cm³/mol. The van der Waals surface area contributed by atoms with Gasteiger partial charge in [0, 0.05) is 18.5 Å². The third-order valence-corrected chi connectivity index (χ3v) is 5.16. The van der Waals surface area contributed by atoms with Crippen molar-refractivity contribution in [3.63, 3.8) is 0 Å². The van der Waals surface area contributed by atoms with Crippen LogP contribution in [0.5, 0.6) is 5.75 Å². The maximum Gasteiger partial charge on any atom is 0.349 e. The average Bonchev–Trinajstić information content (AvgIpc) is 2.83. The topological polar surface area (TPSA) is 85.2 Å². The molecule has 0 radical (unpaired) electrons. The summed E-state index contributed by atoms with van der Waals surface area (Å²) in [6.07, 6.45) is 0.581. The lowest BCUT2D eigenvalue weighted by Crippen LogP contribution is -2.33. The van der Waals surface area contributed by atoms with E-state index in [9.17, 15) is 9.59 Å². The molecule has 7 nitrogen and oxygen atoms in total. The Kier molecular flexibility index (Phi) is 6.46. The van der Waals surface area contributed by atoms with Crippen molar-refractivity contribution in [3.8, 4) is 5.75 Å². The number of para-hydroxylation sites is 1. The molecule has 2 amide bonds. The molecule has 4 aromatic rings. The summed E-state index contributed by atoms with van der Waals surface area (Å²) in [4.78, 5) is 29.7. The van der Waals surface area contributed by atoms with Gasteiger partial charge in [-0.1, -0.05) is 54.6 Å². The minimum absolute atomic E-state index is 0.359. The third-order valence-electron chi connectivity index (χ3n) is 5.16. The molecule has 1 aromatic heterocycles. The van der Waals surface area contributed by atoms with Gasteiger partial charge in [0.15, 0.2) is 0 Å². The lowest BCUT2D eigenvalue weighted by molar-refractivity contribution is 0.251. The van der Waals surface area contributed by atoms with Crippen LogP contribution in [0.4, 0.5) is 10.6 Å².